The second-order valence-electron chi connectivity index (χ2n) is 11.4. The lowest BCUT2D eigenvalue weighted by atomic mass is 10.0. The Bertz CT molecular complexity index is 529. The molecule has 2 aliphatic heterocycles. The van der Waals surface area contributed by atoms with Crippen LogP contribution in [0.4, 0.5) is 0 Å². The number of hydrogen-bond donors (Lipinski definition) is 1. The van der Waals surface area contributed by atoms with Gasteiger partial charge >= 0.3 is 0 Å². The molecule has 0 radical (unpaired) electrons. The molecular weight excluding hydrogens is 382 g/mol. The zero-order chi connectivity index (χ0) is 22.0. The minimum absolute atomic E-state index is 0.354. The Hall–Kier alpha value is -0.343. The molecule has 174 valence electrons. The Morgan fingerprint density at radius 3 is 1.93 bits per heavy atom. The molecule has 0 saturated carbocycles. The summed E-state index contributed by atoms with van der Waals surface area (Å²) >= 11 is 0. The molecule has 0 bridgehead atoms. The Balaban J connectivity index is 1.52. The summed E-state index contributed by atoms with van der Waals surface area (Å²) in [5, 5.41) is 5.23. The summed E-state index contributed by atoms with van der Waals surface area (Å²) < 4.78 is 0. The first-order valence-electron chi connectivity index (χ1n) is 13.0. The Labute approximate surface area is 189 Å². The lowest BCUT2D eigenvalue weighted by Crippen LogP contribution is -2.38. The van der Waals surface area contributed by atoms with Gasteiger partial charge in [0.25, 0.3) is 0 Å². The van der Waals surface area contributed by atoms with Crippen LogP contribution in [-0.2, 0) is 0 Å². The van der Waals surface area contributed by atoms with Crippen molar-refractivity contribution >= 4 is 8.07 Å². The lowest BCUT2D eigenvalue weighted by molar-refractivity contribution is 0.0437. The molecule has 0 aromatic carbocycles. The third-order valence-corrected chi connectivity index (χ3v) is 12.1. The van der Waals surface area contributed by atoms with Crippen LogP contribution < -0.4 is 5.43 Å². The van der Waals surface area contributed by atoms with Crippen molar-refractivity contribution in [3.8, 4) is 11.5 Å². The second-order valence-corrected chi connectivity index (χ2v) is 16.4. The number of hydrogen-bond acceptors (Lipinski definition) is 3. The highest BCUT2D eigenvalue weighted by Crippen LogP contribution is 2.35. The monoisotopic (exact) mass is 433 g/mol. The number of hydrazine groups is 2. The van der Waals surface area contributed by atoms with Crippen LogP contribution in [0, 0.1) is 17.4 Å². The number of nitrogens with zero attached hydrogens (tertiary/aromatic N) is 2. The Morgan fingerprint density at radius 1 is 0.833 bits per heavy atom. The molecule has 2 aliphatic rings. The van der Waals surface area contributed by atoms with Gasteiger partial charge in [0.15, 0.2) is 0 Å². The van der Waals surface area contributed by atoms with Crippen LogP contribution in [0.25, 0.3) is 0 Å². The molecule has 0 aromatic heterocycles. The standard InChI is InChI=1S/C26H51N3Si/c1-7-8-9-10-11-12-13-14-15-16-17-18-25-23-28-21-24(22-29(28)27-25)19-20-30(5,6)26(2,3)4/h24-25,27H,7-18,21-23H2,1-6H3. The first-order valence-corrected chi connectivity index (χ1v) is 16.0. The minimum atomic E-state index is -1.48. The summed E-state index contributed by atoms with van der Waals surface area (Å²) in [6.07, 6.45) is 17.0. The van der Waals surface area contributed by atoms with Gasteiger partial charge in [-0.3, -0.25) is 0 Å². The highest BCUT2D eigenvalue weighted by molar-refractivity contribution is 6.87. The SMILES string of the molecule is CCCCCCCCCCCCCC1CN2CC(C#C[Si](C)(C)C(C)(C)C)CN2N1. The van der Waals surface area contributed by atoms with Gasteiger partial charge in [-0.15, -0.1) is 11.5 Å². The van der Waals surface area contributed by atoms with Gasteiger partial charge in [0.05, 0.1) is 0 Å². The molecule has 2 heterocycles. The summed E-state index contributed by atoms with van der Waals surface area (Å²) in [6.45, 7) is 17.5. The van der Waals surface area contributed by atoms with Gasteiger partial charge in [-0.25, -0.2) is 10.4 Å². The first kappa shape index (κ1) is 25.9. The molecule has 2 fully saturated rings. The zero-order valence-corrected chi connectivity index (χ0v) is 22.2. The van der Waals surface area contributed by atoms with Gasteiger partial charge < -0.3 is 0 Å². The molecule has 4 heteroatoms. The summed E-state index contributed by atoms with van der Waals surface area (Å²) in [5.41, 5.74) is 7.47. The minimum Gasteiger partial charge on any atom is -0.237 e. The van der Waals surface area contributed by atoms with Crippen molar-refractivity contribution in [2.75, 3.05) is 19.6 Å². The van der Waals surface area contributed by atoms with E-state index in [0.717, 1.165) is 13.1 Å². The van der Waals surface area contributed by atoms with E-state index >= 15 is 0 Å². The van der Waals surface area contributed by atoms with Gasteiger partial charge in [0.2, 0.25) is 0 Å². The molecule has 1 N–H and O–H groups in total. The Morgan fingerprint density at radius 2 is 1.40 bits per heavy atom. The van der Waals surface area contributed by atoms with Crippen molar-refractivity contribution in [1.29, 1.82) is 0 Å². The maximum atomic E-state index is 3.75. The van der Waals surface area contributed by atoms with E-state index in [1.807, 2.05) is 0 Å². The van der Waals surface area contributed by atoms with E-state index in [9.17, 15) is 0 Å². The number of unbranched alkanes of at least 4 members (excludes halogenated alkanes) is 10. The highest BCUT2D eigenvalue weighted by Gasteiger charge is 2.38. The van der Waals surface area contributed by atoms with E-state index in [-0.39, 0.29) is 0 Å². The third-order valence-electron chi connectivity index (χ3n) is 7.55. The summed E-state index contributed by atoms with van der Waals surface area (Å²) in [6, 6.07) is 0.651. The number of rotatable bonds is 12. The Kier molecular flexibility index (Phi) is 10.9. The van der Waals surface area contributed by atoms with Crippen LogP contribution >= 0.6 is 0 Å². The average molecular weight is 434 g/mol. The predicted octanol–water partition coefficient (Wildman–Crippen LogP) is 6.77. The predicted molar refractivity (Wildman–Crippen MR) is 135 cm³/mol. The molecule has 0 aromatic rings. The van der Waals surface area contributed by atoms with Gasteiger partial charge in [0.1, 0.15) is 8.07 Å². The zero-order valence-electron chi connectivity index (χ0n) is 21.2. The normalized spacial score (nSPS) is 22.9. The van der Waals surface area contributed by atoms with Crippen LogP contribution in [0.5, 0.6) is 0 Å². The maximum absolute atomic E-state index is 3.75. The summed E-state index contributed by atoms with van der Waals surface area (Å²) in [7, 11) is -1.48. The van der Waals surface area contributed by atoms with Crippen LogP contribution in [0.15, 0.2) is 0 Å². The van der Waals surface area contributed by atoms with Gasteiger partial charge in [-0.2, -0.15) is 5.12 Å². The van der Waals surface area contributed by atoms with Crippen molar-refractivity contribution in [3.05, 3.63) is 0 Å². The van der Waals surface area contributed by atoms with Crippen molar-refractivity contribution in [2.45, 2.75) is 129 Å². The largest absolute Gasteiger partial charge is 0.237 e. The van der Waals surface area contributed by atoms with Crippen LogP contribution in [0.1, 0.15) is 105 Å². The lowest BCUT2D eigenvalue weighted by Gasteiger charge is -2.31. The fourth-order valence-electron chi connectivity index (χ4n) is 4.32. The molecule has 2 unspecified atom stereocenters. The molecule has 2 atom stereocenters. The van der Waals surface area contributed by atoms with E-state index in [1.165, 1.54) is 83.6 Å². The van der Waals surface area contributed by atoms with Crippen LogP contribution in [0.2, 0.25) is 18.1 Å². The first-order chi connectivity index (χ1) is 14.2. The fourth-order valence-corrected chi connectivity index (χ4v) is 5.26. The molecule has 3 nitrogen and oxygen atoms in total. The van der Waals surface area contributed by atoms with E-state index < -0.39 is 8.07 Å². The van der Waals surface area contributed by atoms with Crippen LogP contribution in [0.3, 0.4) is 0 Å². The van der Waals surface area contributed by atoms with Crippen molar-refractivity contribution < 1.29 is 0 Å². The van der Waals surface area contributed by atoms with Crippen molar-refractivity contribution in [3.63, 3.8) is 0 Å². The second kappa shape index (κ2) is 12.6. The topological polar surface area (TPSA) is 18.5 Å². The maximum Gasteiger partial charge on any atom is 0.137 e. The molecule has 30 heavy (non-hydrogen) atoms. The van der Waals surface area contributed by atoms with E-state index in [0.29, 0.717) is 17.0 Å². The van der Waals surface area contributed by atoms with E-state index in [4.69, 9.17) is 0 Å². The number of nitrogens with one attached hydrogen (secondary N) is 1. The van der Waals surface area contributed by atoms with Crippen LogP contribution in [-0.4, -0.2) is 43.9 Å². The van der Waals surface area contributed by atoms with E-state index in [2.05, 4.69) is 67.8 Å². The molecule has 0 amide bonds. The molecule has 0 spiro atoms. The van der Waals surface area contributed by atoms with Crippen molar-refractivity contribution in [1.82, 2.24) is 15.6 Å². The van der Waals surface area contributed by atoms with Gasteiger partial charge in [0, 0.05) is 31.6 Å². The van der Waals surface area contributed by atoms with Gasteiger partial charge in [-0.1, -0.05) is 111 Å². The smallest absolute Gasteiger partial charge is 0.137 e. The summed E-state index contributed by atoms with van der Waals surface area (Å²) in [4.78, 5) is 0. The highest BCUT2D eigenvalue weighted by atomic mass is 28.3. The summed E-state index contributed by atoms with van der Waals surface area (Å²) in [5.74, 6) is 4.16. The molecule has 0 aliphatic carbocycles. The quantitative estimate of drug-likeness (QED) is 0.208. The van der Waals surface area contributed by atoms with E-state index in [1.54, 1.807) is 0 Å². The average Bonchev–Trinajstić information content (AvgIpc) is 3.22. The fraction of sp³-hybridized carbons (Fsp3) is 0.923. The molecular formula is C26H51N3Si. The number of fused-ring (bicyclic) bond motifs is 1. The molecule has 2 rings (SSSR count). The third kappa shape index (κ3) is 8.65. The molecule has 2 saturated heterocycles. The van der Waals surface area contributed by atoms with Gasteiger partial charge in [-0.05, 0) is 11.5 Å². The van der Waals surface area contributed by atoms with Crippen molar-refractivity contribution in [2.24, 2.45) is 5.92 Å².